The summed E-state index contributed by atoms with van der Waals surface area (Å²) in [4.78, 5) is 0. The Hall–Kier alpha value is -1.27. The SMILES string of the molecule is Cn1ncc2ccc(C#CCBr)cc21. The summed E-state index contributed by atoms with van der Waals surface area (Å²) >= 11 is 3.27. The lowest BCUT2D eigenvalue weighted by atomic mass is 10.2. The van der Waals surface area contributed by atoms with Gasteiger partial charge < -0.3 is 0 Å². The highest BCUT2D eigenvalue weighted by molar-refractivity contribution is 9.09. The number of aromatic nitrogens is 2. The minimum Gasteiger partial charge on any atom is -0.268 e. The first-order valence-electron chi connectivity index (χ1n) is 4.28. The average Bonchev–Trinajstić information content (AvgIpc) is 2.57. The Balaban J connectivity index is 2.54. The van der Waals surface area contributed by atoms with Crippen LogP contribution in [0.1, 0.15) is 5.56 Å². The molecule has 1 aromatic carbocycles. The van der Waals surface area contributed by atoms with Crippen LogP contribution >= 0.6 is 15.9 Å². The highest BCUT2D eigenvalue weighted by Gasteiger charge is 1.98. The Kier molecular flexibility index (Phi) is 2.55. The molecule has 3 heteroatoms. The Morgan fingerprint density at radius 1 is 1.50 bits per heavy atom. The van der Waals surface area contributed by atoms with Crippen molar-refractivity contribution in [1.29, 1.82) is 0 Å². The molecule has 2 rings (SSSR count). The molecule has 2 nitrogen and oxygen atoms in total. The molecular weight excluding hydrogens is 240 g/mol. The Bertz CT molecular complexity index is 517. The van der Waals surface area contributed by atoms with Gasteiger partial charge in [-0.1, -0.05) is 27.8 Å². The highest BCUT2D eigenvalue weighted by Crippen LogP contribution is 2.13. The first-order chi connectivity index (χ1) is 6.81. The lowest BCUT2D eigenvalue weighted by molar-refractivity contribution is 0.797. The largest absolute Gasteiger partial charge is 0.268 e. The standard InChI is InChI=1S/C11H9BrN2/c1-14-11-7-9(3-2-6-12)4-5-10(11)8-13-14/h4-5,7-8H,6H2,1H3. The molecule has 0 spiro atoms. The molecule has 0 aliphatic rings. The molecular formula is C11H9BrN2. The van der Waals surface area contributed by atoms with E-state index in [0.717, 1.165) is 16.5 Å². The maximum atomic E-state index is 4.18. The number of fused-ring (bicyclic) bond motifs is 1. The van der Waals surface area contributed by atoms with Gasteiger partial charge in [-0.15, -0.1) is 0 Å². The van der Waals surface area contributed by atoms with Crippen molar-refractivity contribution in [3.8, 4) is 11.8 Å². The van der Waals surface area contributed by atoms with Crippen LogP contribution in [0.3, 0.4) is 0 Å². The topological polar surface area (TPSA) is 17.8 Å². The van der Waals surface area contributed by atoms with E-state index in [4.69, 9.17) is 0 Å². The second-order valence-electron chi connectivity index (χ2n) is 2.98. The number of aryl methyl sites for hydroxylation is 1. The van der Waals surface area contributed by atoms with E-state index in [-0.39, 0.29) is 0 Å². The van der Waals surface area contributed by atoms with Crippen LogP contribution in [0.2, 0.25) is 0 Å². The van der Waals surface area contributed by atoms with Crippen LogP contribution in [0.15, 0.2) is 24.4 Å². The number of benzene rings is 1. The minimum atomic E-state index is 0.705. The van der Waals surface area contributed by atoms with Gasteiger partial charge in [-0.25, -0.2) is 0 Å². The van der Waals surface area contributed by atoms with Crippen molar-refractivity contribution in [3.05, 3.63) is 30.0 Å². The molecule has 70 valence electrons. The lowest BCUT2D eigenvalue weighted by Crippen LogP contribution is -1.88. The highest BCUT2D eigenvalue weighted by atomic mass is 79.9. The molecule has 0 aliphatic carbocycles. The Morgan fingerprint density at radius 2 is 2.36 bits per heavy atom. The first kappa shape index (κ1) is 9.29. The van der Waals surface area contributed by atoms with Crippen molar-refractivity contribution in [2.45, 2.75) is 0 Å². The summed E-state index contributed by atoms with van der Waals surface area (Å²) in [6.45, 7) is 0. The molecule has 0 bridgehead atoms. The molecule has 14 heavy (non-hydrogen) atoms. The smallest absolute Gasteiger partial charge is 0.0691 e. The summed E-state index contributed by atoms with van der Waals surface area (Å²) in [6, 6.07) is 6.11. The molecule has 0 amide bonds. The summed E-state index contributed by atoms with van der Waals surface area (Å²) in [5, 5.41) is 6.03. The van der Waals surface area contributed by atoms with E-state index >= 15 is 0 Å². The van der Waals surface area contributed by atoms with E-state index in [2.05, 4.69) is 38.9 Å². The predicted octanol–water partition coefficient (Wildman–Crippen LogP) is 2.32. The van der Waals surface area contributed by atoms with Crippen LogP contribution in [0, 0.1) is 11.8 Å². The van der Waals surface area contributed by atoms with Crippen molar-refractivity contribution in [1.82, 2.24) is 9.78 Å². The third kappa shape index (κ3) is 1.66. The molecule has 0 saturated heterocycles. The monoisotopic (exact) mass is 248 g/mol. The van der Waals surface area contributed by atoms with Crippen LogP contribution < -0.4 is 0 Å². The number of rotatable bonds is 0. The molecule has 0 atom stereocenters. The number of hydrogen-bond acceptors (Lipinski definition) is 1. The first-order valence-corrected chi connectivity index (χ1v) is 5.40. The lowest BCUT2D eigenvalue weighted by Gasteiger charge is -1.94. The fourth-order valence-corrected chi connectivity index (χ4v) is 1.50. The third-order valence-corrected chi connectivity index (χ3v) is 2.33. The molecule has 0 N–H and O–H groups in total. The number of nitrogens with zero attached hydrogens (tertiary/aromatic N) is 2. The second kappa shape index (κ2) is 3.85. The maximum Gasteiger partial charge on any atom is 0.0691 e. The quantitative estimate of drug-likeness (QED) is 0.517. The van der Waals surface area contributed by atoms with E-state index in [1.807, 2.05) is 30.1 Å². The van der Waals surface area contributed by atoms with E-state index in [0.29, 0.717) is 5.33 Å². The number of hydrogen-bond donors (Lipinski definition) is 0. The summed E-state index contributed by atoms with van der Waals surface area (Å²) in [6.07, 6.45) is 1.86. The van der Waals surface area contributed by atoms with Crippen molar-refractivity contribution in [2.24, 2.45) is 7.05 Å². The van der Waals surface area contributed by atoms with Crippen molar-refractivity contribution in [3.63, 3.8) is 0 Å². The summed E-state index contributed by atoms with van der Waals surface area (Å²) in [5.74, 6) is 6.04. The Morgan fingerprint density at radius 3 is 3.14 bits per heavy atom. The van der Waals surface area contributed by atoms with Gasteiger partial charge in [0.05, 0.1) is 17.0 Å². The van der Waals surface area contributed by atoms with E-state index < -0.39 is 0 Å². The fourth-order valence-electron chi connectivity index (χ4n) is 1.36. The summed E-state index contributed by atoms with van der Waals surface area (Å²) in [7, 11) is 1.93. The maximum absolute atomic E-state index is 4.18. The van der Waals surface area contributed by atoms with Crippen LogP contribution in [0.5, 0.6) is 0 Å². The predicted molar refractivity (Wildman–Crippen MR) is 61.4 cm³/mol. The van der Waals surface area contributed by atoms with Gasteiger partial charge >= 0.3 is 0 Å². The molecule has 2 aromatic rings. The van der Waals surface area contributed by atoms with E-state index in [9.17, 15) is 0 Å². The van der Waals surface area contributed by atoms with Crippen molar-refractivity contribution in [2.75, 3.05) is 5.33 Å². The van der Waals surface area contributed by atoms with Crippen LogP contribution in [-0.2, 0) is 7.05 Å². The van der Waals surface area contributed by atoms with Crippen LogP contribution in [-0.4, -0.2) is 15.1 Å². The van der Waals surface area contributed by atoms with E-state index in [1.165, 1.54) is 0 Å². The van der Waals surface area contributed by atoms with Gasteiger partial charge in [-0.2, -0.15) is 5.10 Å². The normalized spacial score (nSPS) is 9.86. The van der Waals surface area contributed by atoms with Gasteiger partial charge in [0.15, 0.2) is 0 Å². The Labute approximate surface area is 91.0 Å². The summed E-state index contributed by atoms with van der Waals surface area (Å²) in [5.41, 5.74) is 2.15. The van der Waals surface area contributed by atoms with Gasteiger partial charge in [0.2, 0.25) is 0 Å². The van der Waals surface area contributed by atoms with Crippen molar-refractivity contribution < 1.29 is 0 Å². The molecule has 0 radical (unpaired) electrons. The zero-order valence-corrected chi connectivity index (χ0v) is 9.37. The zero-order valence-electron chi connectivity index (χ0n) is 7.79. The van der Waals surface area contributed by atoms with Gasteiger partial charge in [0.1, 0.15) is 0 Å². The van der Waals surface area contributed by atoms with Crippen LogP contribution in [0.25, 0.3) is 10.9 Å². The van der Waals surface area contributed by atoms with Crippen molar-refractivity contribution >= 4 is 26.8 Å². The number of alkyl halides is 1. The van der Waals surface area contributed by atoms with Gasteiger partial charge in [-0.3, -0.25) is 4.68 Å². The van der Waals surface area contributed by atoms with Crippen LogP contribution in [0.4, 0.5) is 0 Å². The van der Waals surface area contributed by atoms with Gasteiger partial charge in [0.25, 0.3) is 0 Å². The molecule has 0 fully saturated rings. The minimum absolute atomic E-state index is 0.705. The molecule has 1 heterocycles. The summed E-state index contributed by atoms with van der Waals surface area (Å²) < 4.78 is 1.86. The second-order valence-corrected chi connectivity index (χ2v) is 3.54. The fraction of sp³-hybridized carbons (Fsp3) is 0.182. The molecule has 0 saturated carbocycles. The zero-order chi connectivity index (χ0) is 9.97. The average molecular weight is 249 g/mol. The number of halogens is 1. The molecule has 0 unspecified atom stereocenters. The van der Waals surface area contributed by atoms with Gasteiger partial charge in [0, 0.05) is 18.0 Å². The molecule has 1 aromatic heterocycles. The van der Waals surface area contributed by atoms with E-state index in [1.54, 1.807) is 0 Å². The third-order valence-electron chi connectivity index (χ3n) is 2.05. The van der Waals surface area contributed by atoms with Gasteiger partial charge in [-0.05, 0) is 18.2 Å². The molecule has 0 aliphatic heterocycles.